The predicted molar refractivity (Wildman–Crippen MR) is 37.3 cm³/mol. The first-order valence-corrected chi connectivity index (χ1v) is 3.64. The second kappa shape index (κ2) is 2.46. The molecule has 0 aromatic carbocycles. The molecule has 0 fully saturated rings. The first kappa shape index (κ1) is 6.04. The highest BCUT2D eigenvalue weighted by Gasteiger charge is 2.00. The van der Waals surface area contributed by atoms with Crippen LogP contribution in [0.15, 0.2) is 5.51 Å². The minimum absolute atomic E-state index is 0.225. The Balaban J connectivity index is 2.77. The van der Waals surface area contributed by atoms with Crippen molar-refractivity contribution in [1.82, 2.24) is 10.2 Å². The summed E-state index contributed by atoms with van der Waals surface area (Å²) in [5, 5.41) is 8.68. The van der Waals surface area contributed by atoms with E-state index in [9.17, 15) is 0 Å². The van der Waals surface area contributed by atoms with E-state index in [1.165, 1.54) is 11.3 Å². The fraction of sp³-hybridized carbons (Fsp3) is 0.500. The third-order valence-electron chi connectivity index (χ3n) is 0.734. The predicted octanol–water partition coefficient (Wildman–Crippen LogP) is 1.53. The van der Waals surface area contributed by atoms with Crippen LogP contribution < -0.4 is 0 Å². The Labute approximate surface area is 57.4 Å². The van der Waals surface area contributed by atoms with Crippen molar-refractivity contribution < 1.29 is 0 Å². The van der Waals surface area contributed by atoms with Crippen LogP contribution in [0, 0.1) is 0 Å². The van der Waals surface area contributed by atoms with Gasteiger partial charge in [-0.1, -0.05) is 0 Å². The number of rotatable bonds is 1. The van der Waals surface area contributed by atoms with Crippen LogP contribution in [0.25, 0.3) is 0 Å². The zero-order valence-electron chi connectivity index (χ0n) is 4.40. The highest BCUT2D eigenvalue weighted by molar-refractivity contribution is 7.80. The van der Waals surface area contributed by atoms with E-state index < -0.39 is 0 Å². The molecule has 8 heavy (non-hydrogen) atoms. The number of nitrogens with zero attached hydrogens (tertiary/aromatic N) is 2. The lowest BCUT2D eigenvalue weighted by Crippen LogP contribution is -1.80. The van der Waals surface area contributed by atoms with Crippen molar-refractivity contribution in [3.8, 4) is 0 Å². The molecule has 0 aliphatic heterocycles. The fourth-order valence-corrected chi connectivity index (χ4v) is 1.09. The second-order valence-electron chi connectivity index (χ2n) is 1.45. The topological polar surface area (TPSA) is 25.8 Å². The van der Waals surface area contributed by atoms with E-state index >= 15 is 0 Å². The summed E-state index contributed by atoms with van der Waals surface area (Å²) in [5.74, 6) is 0. The van der Waals surface area contributed by atoms with E-state index in [0.29, 0.717) is 0 Å². The lowest BCUT2D eigenvalue weighted by atomic mass is 10.5. The molecule has 1 aromatic heterocycles. The largest absolute Gasteiger partial charge is 0.169 e. The normalized spacial score (nSPS) is 13.8. The van der Waals surface area contributed by atoms with Crippen LogP contribution in [0.3, 0.4) is 0 Å². The monoisotopic (exact) mass is 146 g/mol. The SMILES string of the molecule is CC(S)c1nncs1. The first-order valence-electron chi connectivity index (χ1n) is 2.25. The summed E-state index contributed by atoms with van der Waals surface area (Å²) in [4.78, 5) is 0. The molecular weight excluding hydrogens is 140 g/mol. The van der Waals surface area contributed by atoms with Crippen LogP contribution in [-0.4, -0.2) is 10.2 Å². The Morgan fingerprint density at radius 3 is 2.88 bits per heavy atom. The molecule has 0 aliphatic rings. The van der Waals surface area contributed by atoms with Gasteiger partial charge in [0.25, 0.3) is 0 Å². The Hall–Kier alpha value is -0.0900. The molecule has 0 amide bonds. The lowest BCUT2D eigenvalue weighted by Gasteiger charge is -1.91. The van der Waals surface area contributed by atoms with Gasteiger partial charge in [0.1, 0.15) is 10.5 Å². The molecule has 0 aliphatic carbocycles. The molecule has 0 saturated carbocycles. The average Bonchev–Trinajstić information content (AvgIpc) is 2.12. The molecule has 0 spiro atoms. The smallest absolute Gasteiger partial charge is 0.129 e. The average molecular weight is 146 g/mol. The third kappa shape index (κ3) is 1.20. The molecule has 0 N–H and O–H groups in total. The van der Waals surface area contributed by atoms with Crippen molar-refractivity contribution >= 4 is 24.0 Å². The van der Waals surface area contributed by atoms with Crippen molar-refractivity contribution in [2.24, 2.45) is 0 Å². The van der Waals surface area contributed by atoms with Gasteiger partial charge in [-0.2, -0.15) is 12.6 Å². The van der Waals surface area contributed by atoms with Crippen molar-refractivity contribution in [2.45, 2.75) is 12.2 Å². The van der Waals surface area contributed by atoms with Crippen LogP contribution in [0.2, 0.25) is 0 Å². The van der Waals surface area contributed by atoms with Crippen molar-refractivity contribution in [3.05, 3.63) is 10.5 Å². The number of thiol groups is 1. The van der Waals surface area contributed by atoms with E-state index in [0.717, 1.165) is 5.01 Å². The van der Waals surface area contributed by atoms with Crippen LogP contribution in [0.4, 0.5) is 0 Å². The summed E-state index contributed by atoms with van der Waals surface area (Å²) in [6.45, 7) is 1.98. The van der Waals surface area contributed by atoms with Crippen molar-refractivity contribution in [1.29, 1.82) is 0 Å². The zero-order valence-corrected chi connectivity index (χ0v) is 6.12. The second-order valence-corrected chi connectivity index (χ2v) is 3.09. The Morgan fingerprint density at radius 1 is 1.88 bits per heavy atom. The summed E-state index contributed by atoms with van der Waals surface area (Å²) in [5.41, 5.74) is 1.71. The third-order valence-corrected chi connectivity index (χ3v) is 2.03. The molecule has 1 heterocycles. The van der Waals surface area contributed by atoms with Gasteiger partial charge in [-0.3, -0.25) is 0 Å². The highest BCUT2D eigenvalue weighted by Crippen LogP contribution is 2.18. The molecule has 0 radical (unpaired) electrons. The van der Waals surface area contributed by atoms with Gasteiger partial charge in [-0.05, 0) is 6.92 Å². The molecule has 4 heteroatoms. The van der Waals surface area contributed by atoms with Crippen LogP contribution in [0.5, 0.6) is 0 Å². The molecule has 1 rings (SSSR count). The van der Waals surface area contributed by atoms with Crippen LogP contribution in [-0.2, 0) is 0 Å². The lowest BCUT2D eigenvalue weighted by molar-refractivity contribution is 0.972. The van der Waals surface area contributed by atoms with Gasteiger partial charge in [0, 0.05) is 0 Å². The van der Waals surface area contributed by atoms with Gasteiger partial charge in [0.2, 0.25) is 0 Å². The van der Waals surface area contributed by atoms with Gasteiger partial charge in [-0.25, -0.2) is 0 Å². The van der Waals surface area contributed by atoms with Gasteiger partial charge in [0.15, 0.2) is 0 Å². The molecule has 2 nitrogen and oxygen atoms in total. The van der Waals surface area contributed by atoms with Gasteiger partial charge >= 0.3 is 0 Å². The molecule has 0 saturated heterocycles. The fourth-order valence-electron chi connectivity index (χ4n) is 0.364. The van der Waals surface area contributed by atoms with E-state index in [1.807, 2.05) is 6.92 Å². The molecule has 44 valence electrons. The van der Waals surface area contributed by atoms with Gasteiger partial charge in [0.05, 0.1) is 5.25 Å². The summed E-state index contributed by atoms with van der Waals surface area (Å²) in [6, 6.07) is 0. The van der Waals surface area contributed by atoms with Crippen molar-refractivity contribution in [2.75, 3.05) is 0 Å². The highest BCUT2D eigenvalue weighted by atomic mass is 32.1. The quantitative estimate of drug-likeness (QED) is 0.608. The van der Waals surface area contributed by atoms with Gasteiger partial charge in [-0.15, -0.1) is 21.5 Å². The maximum absolute atomic E-state index is 4.16. The number of aromatic nitrogens is 2. The molecule has 1 atom stereocenters. The summed E-state index contributed by atoms with van der Waals surface area (Å²) >= 11 is 5.69. The number of hydrogen-bond acceptors (Lipinski definition) is 4. The van der Waals surface area contributed by atoms with Crippen LogP contribution in [0.1, 0.15) is 17.2 Å². The Bertz CT molecular complexity index is 147. The molecule has 1 aromatic rings. The Kier molecular flexibility index (Phi) is 1.85. The molecule has 0 bridgehead atoms. The summed E-state index contributed by atoms with van der Waals surface area (Å²) in [6.07, 6.45) is 0. The van der Waals surface area contributed by atoms with Gasteiger partial charge < -0.3 is 0 Å². The zero-order chi connectivity index (χ0) is 5.98. The maximum atomic E-state index is 4.16. The maximum Gasteiger partial charge on any atom is 0.129 e. The minimum Gasteiger partial charge on any atom is -0.169 e. The molecular formula is C4H6N2S2. The van der Waals surface area contributed by atoms with Crippen molar-refractivity contribution in [3.63, 3.8) is 0 Å². The minimum atomic E-state index is 0.225. The van der Waals surface area contributed by atoms with E-state index in [2.05, 4.69) is 22.8 Å². The van der Waals surface area contributed by atoms with E-state index in [1.54, 1.807) is 5.51 Å². The van der Waals surface area contributed by atoms with E-state index in [-0.39, 0.29) is 5.25 Å². The summed E-state index contributed by atoms with van der Waals surface area (Å²) in [7, 11) is 0. The summed E-state index contributed by atoms with van der Waals surface area (Å²) < 4.78 is 0. The standard InChI is InChI=1S/C4H6N2S2/c1-3(7)4-6-5-2-8-4/h2-3,7H,1H3. The molecule has 1 unspecified atom stereocenters. The van der Waals surface area contributed by atoms with E-state index in [4.69, 9.17) is 0 Å². The first-order chi connectivity index (χ1) is 3.80. The van der Waals surface area contributed by atoms with Crippen LogP contribution >= 0.6 is 24.0 Å². The Morgan fingerprint density at radius 2 is 2.62 bits per heavy atom. The number of hydrogen-bond donors (Lipinski definition) is 1.